The molecule has 3 aromatic rings. The number of carbonyl (C=O) groups excluding carboxylic acids is 1. The average molecular weight is 361 g/mol. The van der Waals surface area contributed by atoms with Gasteiger partial charge in [-0.1, -0.05) is 50.1 Å². The van der Waals surface area contributed by atoms with E-state index in [9.17, 15) is 4.79 Å². The summed E-state index contributed by atoms with van der Waals surface area (Å²) in [4.78, 5) is 17.4. The summed E-state index contributed by atoms with van der Waals surface area (Å²) in [7, 11) is 0. The smallest absolute Gasteiger partial charge is 0.220 e. The van der Waals surface area contributed by atoms with Crippen molar-refractivity contribution in [2.75, 3.05) is 0 Å². The molecule has 0 unspecified atom stereocenters. The number of rotatable bonds is 5. The van der Waals surface area contributed by atoms with Crippen LogP contribution >= 0.6 is 0 Å². The number of hydrogen-bond acceptors (Lipinski definition) is 2. The molecule has 1 aliphatic carbocycles. The Morgan fingerprint density at radius 2 is 1.81 bits per heavy atom. The van der Waals surface area contributed by atoms with Gasteiger partial charge in [-0.2, -0.15) is 0 Å². The van der Waals surface area contributed by atoms with Crippen LogP contribution in [0.1, 0.15) is 44.9 Å². The van der Waals surface area contributed by atoms with Gasteiger partial charge < -0.3 is 5.32 Å². The predicted molar refractivity (Wildman–Crippen MR) is 109 cm³/mol. The van der Waals surface area contributed by atoms with Crippen molar-refractivity contribution in [2.45, 2.75) is 51.5 Å². The van der Waals surface area contributed by atoms with Gasteiger partial charge >= 0.3 is 0 Å². The van der Waals surface area contributed by atoms with Crippen LogP contribution in [0.25, 0.3) is 16.7 Å². The molecule has 1 heterocycles. The summed E-state index contributed by atoms with van der Waals surface area (Å²) < 4.78 is 2.17. The van der Waals surface area contributed by atoms with Gasteiger partial charge in [-0.3, -0.25) is 9.36 Å². The van der Waals surface area contributed by atoms with Crippen LogP contribution in [0.3, 0.4) is 0 Å². The largest absolute Gasteiger partial charge is 0.353 e. The Morgan fingerprint density at radius 1 is 1.07 bits per heavy atom. The van der Waals surface area contributed by atoms with Crippen LogP contribution < -0.4 is 5.32 Å². The summed E-state index contributed by atoms with van der Waals surface area (Å²) in [5, 5.41) is 3.26. The zero-order valence-corrected chi connectivity index (χ0v) is 15.9. The van der Waals surface area contributed by atoms with Gasteiger partial charge in [0.15, 0.2) is 0 Å². The van der Waals surface area contributed by atoms with Gasteiger partial charge in [-0.15, -0.1) is 0 Å². The van der Waals surface area contributed by atoms with Crippen molar-refractivity contribution >= 4 is 16.9 Å². The van der Waals surface area contributed by atoms with Crippen molar-refractivity contribution in [3.63, 3.8) is 0 Å². The zero-order valence-electron chi connectivity index (χ0n) is 15.9. The highest BCUT2D eigenvalue weighted by atomic mass is 16.1. The SMILES string of the molecule is C[C@H]1CCCC[C@H]1NC(=O)CCc1nc2ccccc2n1-c1ccccc1. The van der Waals surface area contributed by atoms with E-state index in [1.54, 1.807) is 0 Å². The number of imidazole rings is 1. The molecule has 0 radical (unpaired) electrons. The predicted octanol–water partition coefficient (Wildman–Crippen LogP) is 4.65. The third-order valence-corrected chi connectivity index (χ3v) is 5.68. The lowest BCUT2D eigenvalue weighted by Gasteiger charge is -2.29. The van der Waals surface area contributed by atoms with Crippen LogP contribution in [0.4, 0.5) is 0 Å². The van der Waals surface area contributed by atoms with Crippen LogP contribution in [0, 0.1) is 5.92 Å². The molecule has 140 valence electrons. The van der Waals surface area contributed by atoms with Gasteiger partial charge in [0.2, 0.25) is 5.91 Å². The molecule has 0 spiro atoms. The number of amides is 1. The first-order valence-corrected chi connectivity index (χ1v) is 10.0. The number of para-hydroxylation sites is 3. The highest BCUT2D eigenvalue weighted by Gasteiger charge is 2.23. The summed E-state index contributed by atoms with van der Waals surface area (Å²) in [5.74, 6) is 1.66. The van der Waals surface area contributed by atoms with E-state index in [0.29, 0.717) is 24.8 Å². The Morgan fingerprint density at radius 3 is 2.63 bits per heavy atom. The molecule has 1 N–H and O–H groups in total. The second-order valence-corrected chi connectivity index (χ2v) is 7.62. The molecular formula is C23H27N3O. The monoisotopic (exact) mass is 361 g/mol. The van der Waals surface area contributed by atoms with Gasteiger partial charge in [-0.25, -0.2) is 4.98 Å². The number of carbonyl (C=O) groups is 1. The normalized spacial score (nSPS) is 19.9. The van der Waals surface area contributed by atoms with Crippen molar-refractivity contribution in [1.82, 2.24) is 14.9 Å². The number of aromatic nitrogens is 2. The number of fused-ring (bicyclic) bond motifs is 1. The Balaban J connectivity index is 1.53. The van der Waals surface area contributed by atoms with Crippen molar-refractivity contribution < 1.29 is 4.79 Å². The average Bonchev–Trinajstić information content (AvgIpc) is 3.07. The number of benzene rings is 2. The first kappa shape index (κ1) is 17.8. The van der Waals surface area contributed by atoms with Crippen molar-refractivity contribution in [3.05, 3.63) is 60.4 Å². The van der Waals surface area contributed by atoms with E-state index >= 15 is 0 Å². The van der Waals surface area contributed by atoms with E-state index in [4.69, 9.17) is 4.98 Å². The van der Waals surface area contributed by atoms with Crippen LogP contribution in [-0.2, 0) is 11.2 Å². The summed E-state index contributed by atoms with van der Waals surface area (Å²) in [5.41, 5.74) is 3.14. The number of nitrogens with zero attached hydrogens (tertiary/aromatic N) is 2. The molecule has 4 heteroatoms. The van der Waals surface area contributed by atoms with E-state index in [1.807, 2.05) is 36.4 Å². The zero-order chi connectivity index (χ0) is 18.6. The molecule has 4 nitrogen and oxygen atoms in total. The number of hydrogen-bond donors (Lipinski definition) is 1. The summed E-state index contributed by atoms with van der Waals surface area (Å²) in [6.45, 7) is 2.25. The molecule has 4 rings (SSSR count). The Labute approximate surface area is 160 Å². The second kappa shape index (κ2) is 7.95. The molecule has 2 aromatic carbocycles. The van der Waals surface area contributed by atoms with Gasteiger partial charge in [0.25, 0.3) is 0 Å². The molecule has 1 aliphatic rings. The maximum Gasteiger partial charge on any atom is 0.220 e. The fourth-order valence-electron chi connectivity index (χ4n) is 4.14. The van der Waals surface area contributed by atoms with Crippen molar-refractivity contribution in [2.24, 2.45) is 5.92 Å². The van der Waals surface area contributed by atoms with Gasteiger partial charge in [-0.05, 0) is 43.0 Å². The van der Waals surface area contributed by atoms with E-state index in [0.717, 1.165) is 29.0 Å². The molecular weight excluding hydrogens is 334 g/mol. The molecule has 2 atom stereocenters. The molecule has 1 fully saturated rings. The van der Waals surface area contributed by atoms with E-state index in [1.165, 1.54) is 19.3 Å². The maximum atomic E-state index is 12.5. The standard InChI is InChI=1S/C23H27N3O/c1-17-9-5-6-12-19(17)25-23(27)16-15-22-24-20-13-7-8-14-21(20)26(22)18-10-3-2-4-11-18/h2-4,7-8,10-11,13-14,17,19H,5-6,9,12,15-16H2,1H3,(H,25,27)/t17-,19+/m0/s1. The fraction of sp³-hybridized carbons (Fsp3) is 0.391. The summed E-state index contributed by atoms with van der Waals surface area (Å²) in [6.07, 6.45) is 5.94. The van der Waals surface area contributed by atoms with E-state index in [-0.39, 0.29) is 5.91 Å². The molecule has 1 aromatic heterocycles. The quantitative estimate of drug-likeness (QED) is 0.719. The first-order chi connectivity index (χ1) is 13.2. The molecule has 0 bridgehead atoms. The van der Waals surface area contributed by atoms with Crippen LogP contribution in [0.5, 0.6) is 0 Å². The van der Waals surface area contributed by atoms with Crippen LogP contribution in [0.15, 0.2) is 54.6 Å². The minimum atomic E-state index is 0.139. The lowest BCUT2D eigenvalue weighted by atomic mass is 9.86. The highest BCUT2D eigenvalue weighted by molar-refractivity contribution is 5.79. The molecule has 0 aliphatic heterocycles. The Bertz CT molecular complexity index is 916. The minimum Gasteiger partial charge on any atom is -0.353 e. The third-order valence-electron chi connectivity index (χ3n) is 5.68. The lowest BCUT2D eigenvalue weighted by Crippen LogP contribution is -2.41. The van der Waals surface area contributed by atoms with Gasteiger partial charge in [0, 0.05) is 24.6 Å². The number of aryl methyl sites for hydroxylation is 1. The topological polar surface area (TPSA) is 46.9 Å². The highest BCUT2D eigenvalue weighted by Crippen LogP contribution is 2.24. The van der Waals surface area contributed by atoms with Crippen LogP contribution in [-0.4, -0.2) is 21.5 Å². The fourth-order valence-corrected chi connectivity index (χ4v) is 4.14. The van der Waals surface area contributed by atoms with Gasteiger partial charge in [0.05, 0.1) is 11.0 Å². The molecule has 1 amide bonds. The summed E-state index contributed by atoms with van der Waals surface area (Å²) >= 11 is 0. The Kier molecular flexibility index (Phi) is 5.23. The van der Waals surface area contributed by atoms with Crippen molar-refractivity contribution in [1.29, 1.82) is 0 Å². The third kappa shape index (κ3) is 3.90. The van der Waals surface area contributed by atoms with E-state index < -0.39 is 0 Å². The van der Waals surface area contributed by atoms with Crippen molar-refractivity contribution in [3.8, 4) is 5.69 Å². The molecule has 0 saturated heterocycles. The maximum absolute atomic E-state index is 12.5. The number of nitrogens with one attached hydrogen (secondary N) is 1. The lowest BCUT2D eigenvalue weighted by molar-refractivity contribution is -0.122. The Hall–Kier alpha value is -2.62. The molecule has 1 saturated carbocycles. The molecule has 27 heavy (non-hydrogen) atoms. The van der Waals surface area contributed by atoms with E-state index in [2.05, 4.69) is 35.0 Å². The minimum absolute atomic E-state index is 0.139. The summed E-state index contributed by atoms with van der Waals surface area (Å²) in [6, 6.07) is 18.7. The van der Waals surface area contributed by atoms with Gasteiger partial charge in [0.1, 0.15) is 5.82 Å². The second-order valence-electron chi connectivity index (χ2n) is 7.62. The first-order valence-electron chi connectivity index (χ1n) is 10.0. The van der Waals surface area contributed by atoms with Crippen LogP contribution in [0.2, 0.25) is 0 Å².